The number of hydrogen-bond acceptors (Lipinski definition) is 5. The smallest absolute Gasteiger partial charge is 0.339 e. The van der Waals surface area contributed by atoms with Crippen LogP contribution in [0.25, 0.3) is 0 Å². The fraction of sp³-hybridized carbons (Fsp3) is 0.417. The van der Waals surface area contributed by atoms with Gasteiger partial charge in [-0.3, -0.25) is 0 Å². The number of esters is 1. The van der Waals surface area contributed by atoms with E-state index in [0.717, 1.165) is 6.42 Å². The van der Waals surface area contributed by atoms with Crippen LogP contribution in [0, 0.1) is 0 Å². The van der Waals surface area contributed by atoms with E-state index in [9.17, 15) is 9.90 Å². The molecule has 6 heteroatoms. The van der Waals surface area contributed by atoms with Crippen molar-refractivity contribution in [3.8, 4) is 11.5 Å². The first kappa shape index (κ1) is 13.2. The Morgan fingerprint density at radius 2 is 2.00 bits per heavy atom. The zero-order valence-corrected chi connectivity index (χ0v) is 11.4. The van der Waals surface area contributed by atoms with Gasteiger partial charge in [0.15, 0.2) is 17.6 Å². The van der Waals surface area contributed by atoms with Crippen molar-refractivity contribution in [2.75, 3.05) is 20.3 Å². The third-order valence-electron chi connectivity index (χ3n) is 2.59. The lowest BCUT2D eigenvalue weighted by atomic mass is 10.1. The molecule has 0 aromatic heterocycles. The molecule has 0 fully saturated rings. The number of benzene rings is 1. The molecule has 1 atom stereocenters. The molecule has 0 aliphatic carbocycles. The van der Waals surface area contributed by atoms with Crippen LogP contribution in [0.2, 0.25) is 0 Å². The first-order valence-corrected chi connectivity index (χ1v) is 6.27. The van der Waals surface area contributed by atoms with Gasteiger partial charge < -0.3 is 19.3 Å². The van der Waals surface area contributed by atoms with Crippen LogP contribution in [0.15, 0.2) is 16.6 Å². The van der Waals surface area contributed by atoms with Gasteiger partial charge in [0.05, 0.1) is 20.3 Å². The van der Waals surface area contributed by atoms with Gasteiger partial charge in [0.25, 0.3) is 0 Å². The van der Waals surface area contributed by atoms with Gasteiger partial charge in [0.1, 0.15) is 0 Å². The van der Waals surface area contributed by atoms with Crippen LogP contribution in [-0.2, 0) is 9.53 Å². The normalized spacial score (nSPS) is 15.7. The molecular weight excluding hydrogens is 304 g/mol. The molecule has 0 saturated carbocycles. The van der Waals surface area contributed by atoms with Crippen LogP contribution in [0.5, 0.6) is 11.5 Å². The number of halogens is 1. The third kappa shape index (κ3) is 2.59. The maximum absolute atomic E-state index is 11.3. The van der Waals surface area contributed by atoms with Gasteiger partial charge in [-0.15, -0.1) is 0 Å². The zero-order valence-electron chi connectivity index (χ0n) is 9.81. The lowest BCUT2D eigenvalue weighted by Gasteiger charge is -2.14. The van der Waals surface area contributed by atoms with E-state index in [4.69, 9.17) is 9.47 Å². The lowest BCUT2D eigenvalue weighted by Crippen LogP contribution is -2.14. The van der Waals surface area contributed by atoms with Crippen molar-refractivity contribution in [3.63, 3.8) is 0 Å². The van der Waals surface area contributed by atoms with Crippen molar-refractivity contribution >= 4 is 21.9 Å². The van der Waals surface area contributed by atoms with Gasteiger partial charge in [-0.05, 0) is 12.1 Å². The summed E-state index contributed by atoms with van der Waals surface area (Å²) in [5.74, 6) is 0.402. The number of carbonyl (C=O) groups is 1. The largest absolute Gasteiger partial charge is 0.490 e. The van der Waals surface area contributed by atoms with Crippen LogP contribution in [0.4, 0.5) is 0 Å². The molecule has 5 nitrogen and oxygen atoms in total. The number of aliphatic hydroxyl groups excluding tert-OH is 1. The molecule has 0 spiro atoms. The molecule has 98 valence electrons. The van der Waals surface area contributed by atoms with Crippen molar-refractivity contribution < 1.29 is 24.1 Å². The van der Waals surface area contributed by atoms with Gasteiger partial charge in [0.2, 0.25) is 0 Å². The summed E-state index contributed by atoms with van der Waals surface area (Å²) < 4.78 is 16.1. The first-order chi connectivity index (χ1) is 8.63. The number of rotatable bonds is 2. The summed E-state index contributed by atoms with van der Waals surface area (Å²) in [4.78, 5) is 11.3. The molecule has 0 radical (unpaired) electrons. The summed E-state index contributed by atoms with van der Waals surface area (Å²) in [7, 11) is 1.22. The Balaban J connectivity index is 2.37. The molecule has 1 unspecified atom stereocenters. The predicted octanol–water partition coefficient (Wildman–Crippen LogP) is 1.82. The van der Waals surface area contributed by atoms with Gasteiger partial charge in [-0.2, -0.15) is 0 Å². The molecule has 2 rings (SSSR count). The van der Waals surface area contributed by atoms with Crippen LogP contribution >= 0.6 is 15.9 Å². The molecule has 0 amide bonds. The third-order valence-corrected chi connectivity index (χ3v) is 3.27. The van der Waals surface area contributed by atoms with Crippen LogP contribution in [0.1, 0.15) is 18.1 Å². The van der Waals surface area contributed by atoms with E-state index in [2.05, 4.69) is 20.7 Å². The van der Waals surface area contributed by atoms with E-state index >= 15 is 0 Å². The van der Waals surface area contributed by atoms with Crippen LogP contribution < -0.4 is 9.47 Å². The van der Waals surface area contributed by atoms with E-state index in [-0.39, 0.29) is 0 Å². The standard InChI is InChI=1S/C12H13BrO5/c1-16-12(15)11(14)7-5-9-10(6-8(7)13)18-4-2-3-17-9/h5-6,11,14H,2-4H2,1H3. The Morgan fingerprint density at radius 1 is 1.39 bits per heavy atom. The van der Waals surface area contributed by atoms with E-state index in [1.165, 1.54) is 7.11 Å². The molecule has 0 bridgehead atoms. The molecule has 1 heterocycles. The maximum atomic E-state index is 11.3. The second-order valence-electron chi connectivity index (χ2n) is 3.80. The molecule has 0 saturated heterocycles. The van der Waals surface area contributed by atoms with E-state index in [1.54, 1.807) is 12.1 Å². The van der Waals surface area contributed by atoms with Crippen molar-refractivity contribution in [2.24, 2.45) is 0 Å². The van der Waals surface area contributed by atoms with E-state index in [1.807, 2.05) is 0 Å². The number of hydrogen-bond donors (Lipinski definition) is 1. The monoisotopic (exact) mass is 316 g/mol. The van der Waals surface area contributed by atoms with Gasteiger partial charge in [0, 0.05) is 16.5 Å². The lowest BCUT2D eigenvalue weighted by molar-refractivity contribution is -0.150. The minimum absolute atomic E-state index is 0.395. The van der Waals surface area contributed by atoms with Crippen molar-refractivity contribution in [3.05, 3.63) is 22.2 Å². The fourth-order valence-corrected chi connectivity index (χ4v) is 2.19. The predicted molar refractivity (Wildman–Crippen MR) is 66.7 cm³/mol. The second-order valence-corrected chi connectivity index (χ2v) is 4.65. The van der Waals surface area contributed by atoms with Crippen molar-refractivity contribution in [1.82, 2.24) is 0 Å². The highest BCUT2D eigenvalue weighted by atomic mass is 79.9. The highest BCUT2D eigenvalue weighted by molar-refractivity contribution is 9.10. The summed E-state index contributed by atoms with van der Waals surface area (Å²) in [5.41, 5.74) is 0.395. The highest BCUT2D eigenvalue weighted by Crippen LogP contribution is 2.37. The zero-order chi connectivity index (χ0) is 13.1. The summed E-state index contributed by atoms with van der Waals surface area (Å²) in [6.45, 7) is 1.13. The number of ether oxygens (including phenoxy) is 3. The van der Waals surface area contributed by atoms with Gasteiger partial charge >= 0.3 is 5.97 Å². The van der Waals surface area contributed by atoms with Crippen molar-refractivity contribution in [2.45, 2.75) is 12.5 Å². The van der Waals surface area contributed by atoms with Crippen LogP contribution in [-0.4, -0.2) is 31.4 Å². The Morgan fingerprint density at radius 3 is 2.61 bits per heavy atom. The van der Waals surface area contributed by atoms with Crippen molar-refractivity contribution in [1.29, 1.82) is 0 Å². The van der Waals surface area contributed by atoms with Gasteiger partial charge in [-0.1, -0.05) is 15.9 Å². The average Bonchev–Trinajstić information content (AvgIpc) is 2.60. The molecule has 1 aliphatic rings. The molecule has 1 N–H and O–H groups in total. The number of aliphatic hydroxyl groups is 1. The number of carbonyl (C=O) groups excluding carboxylic acids is 1. The molecule has 18 heavy (non-hydrogen) atoms. The Labute approximate surface area is 113 Å². The molecule has 1 aliphatic heterocycles. The number of fused-ring (bicyclic) bond motifs is 1. The molecule has 1 aromatic carbocycles. The minimum Gasteiger partial charge on any atom is -0.490 e. The van der Waals surface area contributed by atoms with Crippen LogP contribution in [0.3, 0.4) is 0 Å². The summed E-state index contributed by atoms with van der Waals surface area (Å²) >= 11 is 3.30. The Kier molecular flexibility index (Phi) is 4.08. The summed E-state index contributed by atoms with van der Waals surface area (Å²) in [6, 6.07) is 3.27. The van der Waals surface area contributed by atoms with Gasteiger partial charge in [-0.25, -0.2) is 4.79 Å². The molecular formula is C12H13BrO5. The summed E-state index contributed by atoms with van der Waals surface area (Å²) in [6.07, 6.45) is -0.553. The fourth-order valence-electron chi connectivity index (χ4n) is 1.65. The maximum Gasteiger partial charge on any atom is 0.339 e. The first-order valence-electron chi connectivity index (χ1n) is 5.48. The Hall–Kier alpha value is -1.27. The topological polar surface area (TPSA) is 65.0 Å². The highest BCUT2D eigenvalue weighted by Gasteiger charge is 2.23. The number of methoxy groups -OCH3 is 1. The quantitative estimate of drug-likeness (QED) is 0.843. The van der Waals surface area contributed by atoms with E-state index in [0.29, 0.717) is 34.7 Å². The molecule has 1 aromatic rings. The second kappa shape index (κ2) is 5.58. The summed E-state index contributed by atoms with van der Waals surface area (Å²) in [5, 5.41) is 9.84. The minimum atomic E-state index is -1.35. The average molecular weight is 317 g/mol. The van der Waals surface area contributed by atoms with E-state index < -0.39 is 12.1 Å². The SMILES string of the molecule is COC(=O)C(O)c1cc2c(cc1Br)OCCCO2. The Bertz CT molecular complexity index is 460.